The Morgan fingerprint density at radius 3 is 2.74 bits per heavy atom. The van der Waals surface area contributed by atoms with E-state index in [0.717, 1.165) is 5.56 Å². The van der Waals surface area contributed by atoms with E-state index in [0.29, 0.717) is 23.4 Å². The predicted molar refractivity (Wildman–Crippen MR) is 67.6 cm³/mol. The van der Waals surface area contributed by atoms with Crippen LogP contribution in [0.4, 0.5) is 5.95 Å². The molecule has 0 aliphatic heterocycles. The maximum Gasteiger partial charge on any atom is 0.470 e. The summed E-state index contributed by atoms with van der Waals surface area (Å²) in [5.41, 5.74) is 2.01. The Bertz CT molecular complexity index is 738. The average Bonchev–Trinajstić information content (AvgIpc) is 2.80. The quantitative estimate of drug-likeness (QED) is 0.569. The van der Waals surface area contributed by atoms with E-state index in [2.05, 4.69) is 19.9 Å². The Morgan fingerprint density at radius 2 is 2.00 bits per heavy atom. The maximum atomic E-state index is 10.6. The van der Waals surface area contributed by atoms with Gasteiger partial charge in [0, 0.05) is 6.42 Å². The number of aromatic nitrogens is 4. The second-order valence-corrected chi connectivity index (χ2v) is 4.01. The highest BCUT2D eigenvalue weighted by Crippen LogP contribution is 2.13. The fourth-order valence-electron chi connectivity index (χ4n) is 1.81. The van der Waals surface area contributed by atoms with Crippen LogP contribution in [0.2, 0.25) is 0 Å². The number of imidazole rings is 1. The van der Waals surface area contributed by atoms with Crippen molar-refractivity contribution in [1.82, 2.24) is 19.9 Å². The van der Waals surface area contributed by atoms with Crippen molar-refractivity contribution in [2.75, 3.05) is 0 Å². The van der Waals surface area contributed by atoms with Gasteiger partial charge in [0.25, 0.3) is 5.65 Å². The smallest absolute Gasteiger partial charge is 0.390 e. The minimum absolute atomic E-state index is 0.313. The Kier molecular flexibility index (Phi) is 2.64. The average molecular weight is 255 g/mol. The summed E-state index contributed by atoms with van der Waals surface area (Å²) < 4.78 is 0. The zero-order valence-corrected chi connectivity index (χ0v) is 9.78. The summed E-state index contributed by atoms with van der Waals surface area (Å²) in [6.07, 6.45) is 1.99. The summed E-state index contributed by atoms with van der Waals surface area (Å²) in [6.45, 7) is 0. The zero-order chi connectivity index (χ0) is 13.2. The molecule has 0 aliphatic carbocycles. The highest BCUT2D eigenvalue weighted by molar-refractivity contribution is 5.70. The molecule has 7 nitrogen and oxygen atoms in total. The summed E-state index contributed by atoms with van der Waals surface area (Å²) in [5, 5.41) is 10.6. The number of aromatic amines is 1. The van der Waals surface area contributed by atoms with Crippen LogP contribution in [-0.4, -0.2) is 24.9 Å². The number of nitrogens with zero attached hydrogens (tertiary/aromatic N) is 4. The Labute approximate surface area is 107 Å². The van der Waals surface area contributed by atoms with Crippen LogP contribution >= 0.6 is 0 Å². The van der Waals surface area contributed by atoms with Gasteiger partial charge in [0.05, 0.1) is 0 Å². The zero-order valence-electron chi connectivity index (χ0n) is 9.78. The third kappa shape index (κ3) is 2.25. The van der Waals surface area contributed by atoms with E-state index >= 15 is 0 Å². The molecule has 1 N–H and O–H groups in total. The highest BCUT2D eigenvalue weighted by Gasteiger charge is 2.14. The molecule has 0 bridgehead atoms. The number of rotatable bonds is 3. The lowest BCUT2D eigenvalue weighted by Gasteiger charge is -1.95. The van der Waals surface area contributed by atoms with Crippen molar-refractivity contribution in [3.8, 4) is 0 Å². The summed E-state index contributed by atoms with van der Waals surface area (Å²) in [5.74, 6) is 0.265. The molecule has 0 unspecified atom stereocenters. The second-order valence-electron chi connectivity index (χ2n) is 4.01. The molecular formula is C12H9N5O2. The molecule has 2 aromatic heterocycles. The van der Waals surface area contributed by atoms with E-state index < -0.39 is 10.9 Å². The van der Waals surface area contributed by atoms with Crippen molar-refractivity contribution in [2.24, 2.45) is 0 Å². The molecule has 3 aromatic rings. The minimum Gasteiger partial charge on any atom is -0.390 e. The molecule has 0 spiro atoms. The SMILES string of the molecule is O=[N+]([O-])c1ncc2[nH]c(Cc3ccccc3)nc2n1. The van der Waals surface area contributed by atoms with E-state index in [1.165, 1.54) is 6.20 Å². The van der Waals surface area contributed by atoms with Crippen molar-refractivity contribution >= 4 is 17.1 Å². The van der Waals surface area contributed by atoms with Crippen molar-refractivity contribution in [3.63, 3.8) is 0 Å². The predicted octanol–water partition coefficient (Wildman–Crippen LogP) is 1.85. The van der Waals surface area contributed by atoms with E-state index in [1.54, 1.807) is 0 Å². The van der Waals surface area contributed by atoms with E-state index in [9.17, 15) is 10.1 Å². The number of nitro groups is 1. The van der Waals surface area contributed by atoms with Crippen LogP contribution in [0, 0.1) is 10.1 Å². The molecule has 0 radical (unpaired) electrons. The molecule has 0 fully saturated rings. The third-order valence-corrected chi connectivity index (χ3v) is 2.65. The van der Waals surface area contributed by atoms with Gasteiger partial charge in [0.15, 0.2) is 0 Å². The van der Waals surface area contributed by atoms with Gasteiger partial charge < -0.3 is 15.1 Å². The highest BCUT2D eigenvalue weighted by atomic mass is 16.6. The van der Waals surface area contributed by atoms with Gasteiger partial charge in [-0.1, -0.05) is 35.3 Å². The molecule has 7 heteroatoms. The Hall–Kier alpha value is -2.83. The first-order valence-corrected chi connectivity index (χ1v) is 5.62. The van der Waals surface area contributed by atoms with Crippen molar-refractivity contribution < 1.29 is 4.92 Å². The first-order valence-electron chi connectivity index (χ1n) is 5.62. The maximum absolute atomic E-state index is 10.6. The van der Waals surface area contributed by atoms with Gasteiger partial charge in [-0.3, -0.25) is 0 Å². The fourth-order valence-corrected chi connectivity index (χ4v) is 1.81. The number of benzene rings is 1. The molecule has 1 aromatic carbocycles. The van der Waals surface area contributed by atoms with Crippen LogP contribution in [0.15, 0.2) is 36.5 Å². The van der Waals surface area contributed by atoms with Crippen molar-refractivity contribution in [2.45, 2.75) is 6.42 Å². The summed E-state index contributed by atoms with van der Waals surface area (Å²) in [4.78, 5) is 24.7. The van der Waals surface area contributed by atoms with Crippen LogP contribution in [0.25, 0.3) is 11.2 Å². The van der Waals surface area contributed by atoms with Crippen LogP contribution < -0.4 is 0 Å². The molecule has 0 amide bonds. The van der Waals surface area contributed by atoms with Crippen LogP contribution in [0.3, 0.4) is 0 Å². The van der Waals surface area contributed by atoms with E-state index in [-0.39, 0.29) is 0 Å². The Morgan fingerprint density at radius 1 is 1.21 bits per heavy atom. The summed E-state index contributed by atoms with van der Waals surface area (Å²) in [6, 6.07) is 9.81. The number of hydrogen-bond acceptors (Lipinski definition) is 5. The van der Waals surface area contributed by atoms with Crippen LogP contribution in [-0.2, 0) is 6.42 Å². The lowest BCUT2D eigenvalue weighted by atomic mass is 10.1. The molecule has 0 atom stereocenters. The number of H-pyrrole nitrogens is 1. The molecule has 2 heterocycles. The number of fused-ring (bicyclic) bond motifs is 1. The van der Waals surface area contributed by atoms with Gasteiger partial charge in [0.2, 0.25) is 0 Å². The van der Waals surface area contributed by atoms with Crippen LogP contribution in [0.5, 0.6) is 0 Å². The van der Waals surface area contributed by atoms with Gasteiger partial charge in [-0.25, -0.2) is 0 Å². The largest absolute Gasteiger partial charge is 0.470 e. The monoisotopic (exact) mass is 255 g/mol. The van der Waals surface area contributed by atoms with Gasteiger partial charge in [-0.2, -0.15) is 4.98 Å². The molecular weight excluding hydrogens is 246 g/mol. The minimum atomic E-state index is -0.634. The number of hydrogen-bond donors (Lipinski definition) is 1. The first-order chi connectivity index (χ1) is 9.22. The third-order valence-electron chi connectivity index (χ3n) is 2.65. The van der Waals surface area contributed by atoms with Gasteiger partial charge in [-0.15, -0.1) is 0 Å². The number of nitrogens with one attached hydrogen (secondary N) is 1. The standard InChI is InChI=1S/C12H9N5O2/c18-17(19)12-13-7-9-11(16-12)15-10(14-9)6-8-4-2-1-3-5-8/h1-5,7H,6H2,(H,13,14,15,16). The lowest BCUT2D eigenvalue weighted by Crippen LogP contribution is -1.95. The Balaban J connectivity index is 1.95. The van der Waals surface area contributed by atoms with Crippen molar-refractivity contribution in [3.05, 3.63) is 58.0 Å². The molecule has 0 saturated carbocycles. The van der Waals surface area contributed by atoms with Gasteiger partial charge in [-0.05, 0) is 15.5 Å². The molecule has 0 saturated heterocycles. The fraction of sp³-hybridized carbons (Fsp3) is 0.0833. The van der Waals surface area contributed by atoms with Crippen LogP contribution in [0.1, 0.15) is 11.4 Å². The summed E-state index contributed by atoms with van der Waals surface area (Å²) in [7, 11) is 0. The molecule has 19 heavy (non-hydrogen) atoms. The normalized spacial score (nSPS) is 10.7. The van der Waals surface area contributed by atoms with Gasteiger partial charge in [0.1, 0.15) is 17.5 Å². The first kappa shape index (κ1) is 11.3. The molecule has 3 rings (SSSR count). The van der Waals surface area contributed by atoms with E-state index in [1.807, 2.05) is 30.3 Å². The molecule has 94 valence electrons. The lowest BCUT2D eigenvalue weighted by molar-refractivity contribution is -0.394. The molecule has 0 aliphatic rings. The van der Waals surface area contributed by atoms with Gasteiger partial charge >= 0.3 is 5.95 Å². The van der Waals surface area contributed by atoms with E-state index in [4.69, 9.17) is 0 Å². The topological polar surface area (TPSA) is 97.6 Å². The second kappa shape index (κ2) is 4.45. The van der Waals surface area contributed by atoms with Crippen molar-refractivity contribution in [1.29, 1.82) is 0 Å². The summed E-state index contributed by atoms with van der Waals surface area (Å²) >= 11 is 0.